The van der Waals surface area contributed by atoms with Gasteiger partial charge in [0.1, 0.15) is 5.82 Å². The highest BCUT2D eigenvalue weighted by atomic mass is 19.1. The number of benzene rings is 1. The summed E-state index contributed by atoms with van der Waals surface area (Å²) in [6.07, 6.45) is 2.34. The van der Waals surface area contributed by atoms with Crippen molar-refractivity contribution in [2.45, 2.75) is 39.2 Å². The summed E-state index contributed by atoms with van der Waals surface area (Å²) in [4.78, 5) is 4.41. The molecule has 4 nitrogen and oxygen atoms in total. The van der Waals surface area contributed by atoms with E-state index in [0.717, 1.165) is 18.4 Å². The molecule has 0 saturated carbocycles. The van der Waals surface area contributed by atoms with Crippen LogP contribution in [0, 0.1) is 11.7 Å². The molecular weight excluding hydrogens is 269 g/mol. The monoisotopic (exact) mass is 291 g/mol. The van der Waals surface area contributed by atoms with Crippen molar-refractivity contribution in [3.63, 3.8) is 0 Å². The Morgan fingerprint density at radius 3 is 2.57 bits per heavy atom. The molecule has 1 atom stereocenters. The number of nitrogens with zero attached hydrogens (tertiary/aromatic N) is 2. The number of rotatable bonds is 7. The minimum atomic E-state index is -0.238. The summed E-state index contributed by atoms with van der Waals surface area (Å²) in [6, 6.07) is 6.69. The van der Waals surface area contributed by atoms with Crippen LogP contribution >= 0.6 is 0 Å². The van der Waals surface area contributed by atoms with Crippen LogP contribution in [0.15, 0.2) is 28.8 Å². The van der Waals surface area contributed by atoms with Crippen molar-refractivity contribution in [1.82, 2.24) is 15.5 Å². The summed E-state index contributed by atoms with van der Waals surface area (Å²) < 4.78 is 18.2. The van der Waals surface area contributed by atoms with Crippen molar-refractivity contribution in [2.75, 3.05) is 7.05 Å². The molecule has 1 aromatic carbocycles. The summed E-state index contributed by atoms with van der Waals surface area (Å²) in [5, 5.41) is 7.27. The van der Waals surface area contributed by atoms with Gasteiger partial charge in [-0.3, -0.25) is 0 Å². The van der Waals surface area contributed by atoms with Gasteiger partial charge in [0.25, 0.3) is 0 Å². The van der Waals surface area contributed by atoms with Crippen molar-refractivity contribution in [1.29, 1.82) is 0 Å². The van der Waals surface area contributed by atoms with E-state index in [0.29, 0.717) is 30.1 Å². The van der Waals surface area contributed by atoms with E-state index in [4.69, 9.17) is 4.52 Å². The molecule has 21 heavy (non-hydrogen) atoms. The van der Waals surface area contributed by atoms with Crippen molar-refractivity contribution in [3.8, 4) is 0 Å². The smallest absolute Gasteiger partial charge is 0.228 e. The highest BCUT2D eigenvalue weighted by molar-refractivity contribution is 5.19. The Labute approximate surface area is 124 Å². The lowest BCUT2D eigenvalue weighted by molar-refractivity contribution is 0.342. The van der Waals surface area contributed by atoms with Gasteiger partial charge in [-0.2, -0.15) is 4.98 Å². The summed E-state index contributed by atoms with van der Waals surface area (Å²) in [5.74, 6) is 1.66. The highest BCUT2D eigenvalue weighted by Gasteiger charge is 2.14. The normalized spacial score (nSPS) is 12.8. The van der Waals surface area contributed by atoms with Gasteiger partial charge < -0.3 is 9.84 Å². The van der Waals surface area contributed by atoms with Crippen LogP contribution in [-0.2, 0) is 12.8 Å². The number of hydrogen-bond donors (Lipinski definition) is 1. The second-order valence-electron chi connectivity index (χ2n) is 5.73. The first-order valence-corrected chi connectivity index (χ1v) is 7.30. The lowest BCUT2D eigenvalue weighted by Gasteiger charge is -2.15. The summed E-state index contributed by atoms with van der Waals surface area (Å²) in [7, 11) is 1.95. The molecule has 0 aliphatic heterocycles. The molecule has 0 spiro atoms. The predicted octanol–water partition coefficient (Wildman–Crippen LogP) is 2.98. The zero-order valence-corrected chi connectivity index (χ0v) is 12.8. The standard InChI is InChI=1S/C16H22FN3O/c1-11(2)8-14(18-3)10-16-19-15(20-21-16)9-12-4-6-13(17)7-5-12/h4-7,11,14,18H,8-10H2,1-3H3. The number of hydrogen-bond acceptors (Lipinski definition) is 4. The summed E-state index contributed by atoms with van der Waals surface area (Å²) >= 11 is 0. The first kappa shape index (κ1) is 15.6. The fourth-order valence-corrected chi connectivity index (χ4v) is 2.31. The topological polar surface area (TPSA) is 51.0 Å². The third-order valence-electron chi connectivity index (χ3n) is 3.37. The fourth-order valence-electron chi connectivity index (χ4n) is 2.31. The number of nitrogens with one attached hydrogen (secondary N) is 1. The first-order chi connectivity index (χ1) is 10.1. The molecule has 114 valence electrons. The quantitative estimate of drug-likeness (QED) is 0.852. The lowest BCUT2D eigenvalue weighted by Crippen LogP contribution is -2.29. The van der Waals surface area contributed by atoms with Crippen molar-refractivity contribution < 1.29 is 8.91 Å². The van der Waals surface area contributed by atoms with Gasteiger partial charge in [0.2, 0.25) is 5.89 Å². The molecule has 0 amide bonds. The predicted molar refractivity (Wildman–Crippen MR) is 79.5 cm³/mol. The molecular formula is C16H22FN3O. The Kier molecular flexibility index (Phi) is 5.44. The van der Waals surface area contributed by atoms with Gasteiger partial charge >= 0.3 is 0 Å². The largest absolute Gasteiger partial charge is 0.339 e. The minimum absolute atomic E-state index is 0.238. The molecule has 2 rings (SSSR count). The third kappa shape index (κ3) is 4.93. The SMILES string of the molecule is CNC(Cc1nc(Cc2ccc(F)cc2)no1)CC(C)C. The van der Waals surface area contributed by atoms with Crippen LogP contribution in [0.3, 0.4) is 0 Å². The maximum atomic E-state index is 12.9. The molecule has 0 saturated heterocycles. The maximum absolute atomic E-state index is 12.9. The molecule has 0 aliphatic carbocycles. The van der Waals surface area contributed by atoms with E-state index >= 15 is 0 Å². The fraction of sp³-hybridized carbons (Fsp3) is 0.500. The Bertz CT molecular complexity index is 551. The van der Waals surface area contributed by atoms with Gasteiger partial charge in [0.05, 0.1) is 0 Å². The molecule has 0 aliphatic rings. The lowest BCUT2D eigenvalue weighted by atomic mass is 10.0. The Balaban J connectivity index is 1.95. The average Bonchev–Trinajstić information content (AvgIpc) is 2.87. The molecule has 1 N–H and O–H groups in total. The van der Waals surface area contributed by atoms with Crippen LogP contribution in [0.5, 0.6) is 0 Å². The van der Waals surface area contributed by atoms with Crippen LogP contribution in [-0.4, -0.2) is 23.2 Å². The van der Waals surface area contributed by atoms with E-state index in [1.54, 1.807) is 12.1 Å². The van der Waals surface area contributed by atoms with Gasteiger partial charge in [-0.05, 0) is 37.1 Å². The molecule has 0 fully saturated rings. The second kappa shape index (κ2) is 7.31. The summed E-state index contributed by atoms with van der Waals surface area (Å²) in [5.41, 5.74) is 0.969. The van der Waals surface area contributed by atoms with Gasteiger partial charge in [-0.15, -0.1) is 0 Å². The Morgan fingerprint density at radius 1 is 1.24 bits per heavy atom. The van der Waals surface area contributed by atoms with Crippen molar-refractivity contribution >= 4 is 0 Å². The van der Waals surface area contributed by atoms with Crippen LogP contribution in [0.4, 0.5) is 4.39 Å². The Morgan fingerprint density at radius 2 is 1.95 bits per heavy atom. The molecule has 1 unspecified atom stereocenters. The van der Waals surface area contributed by atoms with Crippen LogP contribution in [0.1, 0.15) is 37.5 Å². The molecule has 5 heteroatoms. The van der Waals surface area contributed by atoms with E-state index in [1.165, 1.54) is 12.1 Å². The van der Waals surface area contributed by atoms with Crippen LogP contribution in [0.2, 0.25) is 0 Å². The molecule has 0 radical (unpaired) electrons. The van der Waals surface area contributed by atoms with Crippen molar-refractivity contribution in [2.24, 2.45) is 5.92 Å². The first-order valence-electron chi connectivity index (χ1n) is 7.30. The van der Waals surface area contributed by atoms with Gasteiger partial charge in [-0.1, -0.05) is 31.1 Å². The second-order valence-corrected chi connectivity index (χ2v) is 5.73. The zero-order chi connectivity index (χ0) is 15.2. The number of likely N-dealkylation sites (N-methyl/N-ethyl adjacent to an activating group) is 1. The summed E-state index contributed by atoms with van der Waals surface area (Å²) in [6.45, 7) is 4.39. The molecule has 1 heterocycles. The van der Waals surface area contributed by atoms with Gasteiger partial charge in [0, 0.05) is 18.9 Å². The van der Waals surface area contributed by atoms with Crippen LogP contribution in [0.25, 0.3) is 0 Å². The Hall–Kier alpha value is -1.75. The van der Waals surface area contributed by atoms with Gasteiger partial charge in [0.15, 0.2) is 5.82 Å². The van der Waals surface area contributed by atoms with Crippen molar-refractivity contribution in [3.05, 3.63) is 47.4 Å². The molecule has 0 bridgehead atoms. The van der Waals surface area contributed by atoms with Gasteiger partial charge in [-0.25, -0.2) is 4.39 Å². The number of aromatic nitrogens is 2. The average molecular weight is 291 g/mol. The minimum Gasteiger partial charge on any atom is -0.339 e. The third-order valence-corrected chi connectivity index (χ3v) is 3.37. The molecule has 2 aromatic rings. The number of halogens is 1. The van der Waals surface area contributed by atoms with E-state index in [2.05, 4.69) is 29.3 Å². The van der Waals surface area contributed by atoms with E-state index < -0.39 is 0 Å². The maximum Gasteiger partial charge on any atom is 0.228 e. The molecule has 1 aromatic heterocycles. The van der Waals surface area contributed by atoms with E-state index in [-0.39, 0.29) is 5.82 Å². The van der Waals surface area contributed by atoms with E-state index in [1.807, 2.05) is 7.05 Å². The zero-order valence-electron chi connectivity index (χ0n) is 12.8. The highest BCUT2D eigenvalue weighted by Crippen LogP contribution is 2.12. The van der Waals surface area contributed by atoms with E-state index in [9.17, 15) is 4.39 Å². The van der Waals surface area contributed by atoms with Crippen LogP contribution < -0.4 is 5.32 Å².